The number of ketones is 1. The van der Waals surface area contributed by atoms with Crippen molar-refractivity contribution in [2.24, 2.45) is 5.73 Å². The molecule has 0 saturated carbocycles. The molecule has 80 valence electrons. The molecule has 2 nitrogen and oxygen atoms in total. The van der Waals surface area contributed by atoms with Crippen molar-refractivity contribution in [3.63, 3.8) is 0 Å². The number of aryl methyl sites for hydroxylation is 1. The number of carbonyl (C=O) groups is 1. The lowest BCUT2D eigenvalue weighted by Gasteiger charge is -2.08. The van der Waals surface area contributed by atoms with Gasteiger partial charge in [0.25, 0.3) is 0 Å². The molecular formula is C13H17NO. The lowest BCUT2D eigenvalue weighted by atomic mass is 9.96. The SMILES string of the molecule is CCc1cc2c(cc1C(C)=O)CC(N)C2. The lowest BCUT2D eigenvalue weighted by Crippen LogP contribution is -2.19. The first kappa shape index (κ1) is 10.4. The molecule has 1 atom stereocenters. The fourth-order valence-electron chi connectivity index (χ4n) is 2.38. The van der Waals surface area contributed by atoms with Gasteiger partial charge in [-0.15, -0.1) is 0 Å². The summed E-state index contributed by atoms with van der Waals surface area (Å²) in [5.41, 5.74) is 10.6. The van der Waals surface area contributed by atoms with Crippen molar-refractivity contribution in [3.05, 3.63) is 34.4 Å². The minimum Gasteiger partial charge on any atom is -0.327 e. The van der Waals surface area contributed by atoms with Gasteiger partial charge in [0, 0.05) is 11.6 Å². The Bertz CT molecular complexity index is 409. The summed E-state index contributed by atoms with van der Waals surface area (Å²) < 4.78 is 0. The third kappa shape index (κ3) is 1.82. The van der Waals surface area contributed by atoms with Crippen LogP contribution in [0, 0.1) is 0 Å². The fourth-order valence-corrected chi connectivity index (χ4v) is 2.38. The van der Waals surface area contributed by atoms with Crippen LogP contribution < -0.4 is 5.73 Å². The van der Waals surface area contributed by atoms with Crippen LogP contribution >= 0.6 is 0 Å². The fraction of sp³-hybridized carbons (Fsp3) is 0.462. The standard InChI is InChI=1S/C13H17NO/c1-3-9-4-10-5-12(14)6-11(10)7-13(9)8(2)15/h4,7,12H,3,5-6,14H2,1-2H3. The van der Waals surface area contributed by atoms with Gasteiger partial charge in [-0.1, -0.05) is 13.0 Å². The summed E-state index contributed by atoms with van der Waals surface area (Å²) in [5.74, 6) is 0.162. The summed E-state index contributed by atoms with van der Waals surface area (Å²) in [6.07, 6.45) is 2.79. The first-order valence-electron chi connectivity index (χ1n) is 5.53. The van der Waals surface area contributed by atoms with Gasteiger partial charge < -0.3 is 5.73 Å². The Morgan fingerprint density at radius 3 is 2.53 bits per heavy atom. The molecule has 1 unspecified atom stereocenters. The summed E-state index contributed by atoms with van der Waals surface area (Å²) in [6.45, 7) is 3.72. The first-order chi connectivity index (χ1) is 7.11. The van der Waals surface area contributed by atoms with Gasteiger partial charge in [0.2, 0.25) is 0 Å². The molecule has 2 N–H and O–H groups in total. The minimum absolute atomic E-state index is 0.162. The number of rotatable bonds is 2. The van der Waals surface area contributed by atoms with Crippen molar-refractivity contribution in [1.82, 2.24) is 0 Å². The van der Waals surface area contributed by atoms with E-state index < -0.39 is 0 Å². The van der Waals surface area contributed by atoms with Crippen LogP contribution in [0.5, 0.6) is 0 Å². The van der Waals surface area contributed by atoms with Gasteiger partial charge in [-0.25, -0.2) is 0 Å². The van der Waals surface area contributed by atoms with Crippen LogP contribution in [0.3, 0.4) is 0 Å². The molecule has 0 bridgehead atoms. The van der Waals surface area contributed by atoms with E-state index in [9.17, 15) is 4.79 Å². The maximum Gasteiger partial charge on any atom is 0.160 e. The normalized spacial score (nSPS) is 19.0. The van der Waals surface area contributed by atoms with Crippen molar-refractivity contribution in [2.75, 3.05) is 0 Å². The van der Waals surface area contributed by atoms with Crippen molar-refractivity contribution in [2.45, 2.75) is 39.2 Å². The van der Waals surface area contributed by atoms with E-state index >= 15 is 0 Å². The highest BCUT2D eigenvalue weighted by Crippen LogP contribution is 2.25. The minimum atomic E-state index is 0.162. The molecule has 15 heavy (non-hydrogen) atoms. The predicted molar refractivity (Wildman–Crippen MR) is 61.2 cm³/mol. The van der Waals surface area contributed by atoms with Gasteiger partial charge in [0.1, 0.15) is 0 Å². The Kier molecular flexibility index (Phi) is 2.61. The van der Waals surface area contributed by atoms with Crippen LogP contribution in [0.2, 0.25) is 0 Å². The molecule has 0 amide bonds. The van der Waals surface area contributed by atoms with Crippen LogP contribution in [0.4, 0.5) is 0 Å². The second-order valence-electron chi connectivity index (χ2n) is 4.36. The number of hydrogen-bond donors (Lipinski definition) is 1. The third-order valence-corrected chi connectivity index (χ3v) is 3.15. The van der Waals surface area contributed by atoms with Crippen LogP contribution in [0.1, 0.15) is 40.9 Å². The molecule has 2 rings (SSSR count). The highest BCUT2D eigenvalue weighted by molar-refractivity contribution is 5.96. The van der Waals surface area contributed by atoms with E-state index in [2.05, 4.69) is 13.0 Å². The van der Waals surface area contributed by atoms with Crippen LogP contribution in [0.25, 0.3) is 0 Å². The van der Waals surface area contributed by atoms with Gasteiger partial charge in [-0.3, -0.25) is 4.79 Å². The van der Waals surface area contributed by atoms with Gasteiger partial charge in [0.05, 0.1) is 0 Å². The second kappa shape index (κ2) is 3.78. The van der Waals surface area contributed by atoms with E-state index in [0.717, 1.165) is 30.4 Å². The average Bonchev–Trinajstić information content (AvgIpc) is 2.54. The highest BCUT2D eigenvalue weighted by atomic mass is 16.1. The van der Waals surface area contributed by atoms with E-state index in [4.69, 9.17) is 5.73 Å². The lowest BCUT2D eigenvalue weighted by molar-refractivity contribution is 0.101. The molecule has 0 aromatic heterocycles. The molecule has 0 fully saturated rings. The zero-order chi connectivity index (χ0) is 11.0. The summed E-state index contributed by atoms with van der Waals surface area (Å²) >= 11 is 0. The van der Waals surface area contributed by atoms with Gasteiger partial charge >= 0.3 is 0 Å². The first-order valence-corrected chi connectivity index (χ1v) is 5.53. The molecule has 1 aliphatic carbocycles. The highest BCUT2D eigenvalue weighted by Gasteiger charge is 2.20. The van der Waals surface area contributed by atoms with Crippen LogP contribution in [-0.4, -0.2) is 11.8 Å². The molecule has 0 saturated heterocycles. The zero-order valence-electron chi connectivity index (χ0n) is 9.34. The number of hydrogen-bond acceptors (Lipinski definition) is 2. The number of Topliss-reactive ketones (excluding diaryl/α,β-unsaturated/α-hetero) is 1. The van der Waals surface area contributed by atoms with Gasteiger partial charge in [0.15, 0.2) is 5.78 Å². The molecule has 0 spiro atoms. The van der Waals surface area contributed by atoms with Crippen molar-refractivity contribution < 1.29 is 4.79 Å². The molecule has 1 aromatic carbocycles. The van der Waals surface area contributed by atoms with Gasteiger partial charge in [-0.05, 0) is 48.9 Å². The van der Waals surface area contributed by atoms with Crippen LogP contribution in [-0.2, 0) is 19.3 Å². The van der Waals surface area contributed by atoms with E-state index in [-0.39, 0.29) is 11.8 Å². The summed E-state index contributed by atoms with van der Waals surface area (Å²) in [7, 11) is 0. The largest absolute Gasteiger partial charge is 0.327 e. The Labute approximate surface area is 90.5 Å². The van der Waals surface area contributed by atoms with Crippen LogP contribution in [0.15, 0.2) is 12.1 Å². The Morgan fingerprint density at radius 2 is 2.00 bits per heavy atom. The van der Waals surface area contributed by atoms with E-state index in [1.165, 1.54) is 11.1 Å². The van der Waals surface area contributed by atoms with Crippen molar-refractivity contribution >= 4 is 5.78 Å². The molecular weight excluding hydrogens is 186 g/mol. The average molecular weight is 203 g/mol. The van der Waals surface area contributed by atoms with E-state index in [1.54, 1.807) is 6.92 Å². The summed E-state index contributed by atoms with van der Waals surface area (Å²) in [6, 6.07) is 4.45. The smallest absolute Gasteiger partial charge is 0.160 e. The topological polar surface area (TPSA) is 43.1 Å². The molecule has 1 aliphatic rings. The number of fused-ring (bicyclic) bond motifs is 1. The summed E-state index contributed by atoms with van der Waals surface area (Å²) in [4.78, 5) is 11.5. The quantitative estimate of drug-likeness (QED) is 0.746. The maximum absolute atomic E-state index is 11.5. The van der Waals surface area contributed by atoms with E-state index in [1.807, 2.05) is 6.07 Å². The molecule has 2 heteroatoms. The molecule has 0 aliphatic heterocycles. The third-order valence-electron chi connectivity index (χ3n) is 3.15. The zero-order valence-corrected chi connectivity index (χ0v) is 9.34. The number of nitrogens with two attached hydrogens (primary N) is 1. The molecule has 0 radical (unpaired) electrons. The number of benzene rings is 1. The Balaban J connectivity index is 2.50. The summed E-state index contributed by atoms with van der Waals surface area (Å²) in [5, 5.41) is 0. The van der Waals surface area contributed by atoms with Crippen molar-refractivity contribution in [1.29, 1.82) is 0 Å². The predicted octanol–water partition coefficient (Wildman–Crippen LogP) is 1.88. The molecule has 0 heterocycles. The second-order valence-corrected chi connectivity index (χ2v) is 4.36. The Morgan fingerprint density at radius 1 is 1.40 bits per heavy atom. The van der Waals surface area contributed by atoms with Gasteiger partial charge in [-0.2, -0.15) is 0 Å². The molecule has 1 aromatic rings. The monoisotopic (exact) mass is 203 g/mol. The Hall–Kier alpha value is -1.15. The maximum atomic E-state index is 11.5. The number of carbonyl (C=O) groups excluding carboxylic acids is 1. The van der Waals surface area contributed by atoms with E-state index in [0.29, 0.717) is 0 Å². The van der Waals surface area contributed by atoms with Crippen molar-refractivity contribution in [3.8, 4) is 0 Å².